The van der Waals surface area contributed by atoms with Crippen LogP contribution < -0.4 is 0 Å². The quantitative estimate of drug-likeness (QED) is 0.876. The standard InChI is InChI=1S/C14H16ClFO/c15-12-2-1-3-13(16)11(12)7-14(17)10-5-8-4-9(8)6-10/h1-3,8-10,14,17H,4-7H2. The zero-order valence-electron chi connectivity index (χ0n) is 9.57. The van der Waals surface area contributed by atoms with Crippen LogP contribution in [-0.2, 0) is 6.42 Å². The van der Waals surface area contributed by atoms with E-state index >= 15 is 0 Å². The zero-order valence-corrected chi connectivity index (χ0v) is 10.3. The maximum absolute atomic E-state index is 13.6. The molecule has 3 unspecified atom stereocenters. The largest absolute Gasteiger partial charge is 0.392 e. The Morgan fingerprint density at radius 1 is 1.29 bits per heavy atom. The van der Waals surface area contributed by atoms with Gasteiger partial charge in [-0.25, -0.2) is 4.39 Å². The predicted octanol–water partition coefficient (Wildman–Crippen LogP) is 3.43. The molecule has 2 saturated carbocycles. The topological polar surface area (TPSA) is 20.2 Å². The molecule has 0 radical (unpaired) electrons. The Bertz CT molecular complexity index is 404. The number of halogens is 2. The lowest BCUT2D eigenvalue weighted by Gasteiger charge is -2.20. The molecule has 0 heterocycles. The van der Waals surface area contributed by atoms with Crippen molar-refractivity contribution < 1.29 is 9.50 Å². The fraction of sp³-hybridized carbons (Fsp3) is 0.571. The lowest BCUT2D eigenvalue weighted by molar-refractivity contribution is 0.103. The highest BCUT2D eigenvalue weighted by molar-refractivity contribution is 6.31. The van der Waals surface area contributed by atoms with E-state index in [0.29, 0.717) is 22.9 Å². The third kappa shape index (κ3) is 2.21. The maximum atomic E-state index is 13.6. The molecule has 1 aromatic carbocycles. The number of benzene rings is 1. The van der Waals surface area contributed by atoms with Gasteiger partial charge in [0.15, 0.2) is 0 Å². The highest BCUT2D eigenvalue weighted by atomic mass is 35.5. The molecule has 1 aromatic rings. The first kappa shape index (κ1) is 11.5. The Kier molecular flexibility index (Phi) is 2.87. The van der Waals surface area contributed by atoms with E-state index in [1.807, 2.05) is 0 Å². The Labute approximate surface area is 106 Å². The number of aliphatic hydroxyl groups is 1. The van der Waals surface area contributed by atoms with Gasteiger partial charge in [-0.3, -0.25) is 0 Å². The monoisotopic (exact) mass is 254 g/mol. The van der Waals surface area contributed by atoms with E-state index in [9.17, 15) is 9.50 Å². The van der Waals surface area contributed by atoms with Crippen LogP contribution in [0.2, 0.25) is 5.02 Å². The summed E-state index contributed by atoms with van der Waals surface area (Å²) in [5.74, 6) is 1.71. The highest BCUT2D eigenvalue weighted by Crippen LogP contribution is 2.55. The Morgan fingerprint density at radius 2 is 2.00 bits per heavy atom. The molecule has 0 saturated heterocycles. The van der Waals surface area contributed by atoms with Crippen LogP contribution in [0.25, 0.3) is 0 Å². The minimum Gasteiger partial charge on any atom is -0.392 e. The number of hydrogen-bond acceptors (Lipinski definition) is 1. The molecule has 17 heavy (non-hydrogen) atoms. The van der Waals surface area contributed by atoms with Crippen LogP contribution in [0.3, 0.4) is 0 Å². The average molecular weight is 255 g/mol. The molecule has 0 aromatic heterocycles. The summed E-state index contributed by atoms with van der Waals surface area (Å²) in [7, 11) is 0. The minimum atomic E-state index is -0.447. The van der Waals surface area contributed by atoms with Crippen LogP contribution in [0.5, 0.6) is 0 Å². The molecule has 0 aliphatic heterocycles. The van der Waals surface area contributed by atoms with Crippen LogP contribution in [0, 0.1) is 23.6 Å². The molecule has 3 heteroatoms. The molecule has 2 fully saturated rings. The van der Waals surface area contributed by atoms with E-state index < -0.39 is 6.10 Å². The molecule has 92 valence electrons. The van der Waals surface area contributed by atoms with Crippen molar-refractivity contribution >= 4 is 11.6 Å². The average Bonchev–Trinajstić information content (AvgIpc) is 2.91. The van der Waals surface area contributed by atoms with Crippen LogP contribution in [-0.4, -0.2) is 11.2 Å². The van der Waals surface area contributed by atoms with Crippen molar-refractivity contribution in [1.82, 2.24) is 0 Å². The van der Waals surface area contributed by atoms with Crippen molar-refractivity contribution in [3.8, 4) is 0 Å². The second kappa shape index (κ2) is 4.25. The second-order valence-electron chi connectivity index (χ2n) is 5.46. The maximum Gasteiger partial charge on any atom is 0.127 e. The fourth-order valence-electron chi connectivity index (χ4n) is 3.18. The molecule has 3 atom stereocenters. The summed E-state index contributed by atoms with van der Waals surface area (Å²) in [6.07, 6.45) is 3.45. The van der Waals surface area contributed by atoms with Gasteiger partial charge in [-0.1, -0.05) is 17.7 Å². The molecule has 0 bridgehead atoms. The van der Waals surface area contributed by atoms with Crippen LogP contribution in [0.4, 0.5) is 4.39 Å². The van der Waals surface area contributed by atoms with Crippen LogP contribution in [0.15, 0.2) is 18.2 Å². The van der Waals surface area contributed by atoms with Crippen molar-refractivity contribution in [2.45, 2.75) is 31.8 Å². The summed E-state index contributed by atoms with van der Waals surface area (Å²) in [5.41, 5.74) is 0.460. The molecule has 1 N–H and O–H groups in total. The third-order valence-corrected chi connectivity index (χ3v) is 4.65. The Morgan fingerprint density at radius 3 is 2.65 bits per heavy atom. The van der Waals surface area contributed by atoms with Crippen LogP contribution >= 0.6 is 11.6 Å². The second-order valence-corrected chi connectivity index (χ2v) is 5.87. The normalized spacial score (nSPS) is 32.3. The minimum absolute atomic E-state index is 0.306. The van der Waals surface area contributed by atoms with Gasteiger partial charge in [-0.2, -0.15) is 0 Å². The smallest absolute Gasteiger partial charge is 0.127 e. The van der Waals surface area contributed by atoms with Gasteiger partial charge in [0, 0.05) is 17.0 Å². The Hall–Kier alpha value is -0.600. The van der Waals surface area contributed by atoms with Gasteiger partial charge in [0.1, 0.15) is 5.82 Å². The predicted molar refractivity (Wildman–Crippen MR) is 65.4 cm³/mol. The number of rotatable bonds is 3. The van der Waals surface area contributed by atoms with E-state index in [0.717, 1.165) is 24.7 Å². The number of fused-ring (bicyclic) bond motifs is 1. The lowest BCUT2D eigenvalue weighted by Crippen LogP contribution is -2.22. The van der Waals surface area contributed by atoms with Gasteiger partial charge in [0.2, 0.25) is 0 Å². The first-order chi connectivity index (χ1) is 8.15. The summed E-state index contributed by atoms with van der Waals surface area (Å²) >= 11 is 5.97. The lowest BCUT2D eigenvalue weighted by atomic mass is 9.92. The van der Waals surface area contributed by atoms with Crippen molar-refractivity contribution in [2.75, 3.05) is 0 Å². The van der Waals surface area contributed by atoms with Gasteiger partial charge in [-0.15, -0.1) is 0 Å². The summed E-state index contributed by atoms with van der Waals surface area (Å²) in [4.78, 5) is 0. The summed E-state index contributed by atoms with van der Waals surface area (Å²) in [6, 6.07) is 4.68. The first-order valence-electron chi connectivity index (χ1n) is 6.26. The summed E-state index contributed by atoms with van der Waals surface area (Å²) in [5, 5.41) is 10.6. The molecule has 2 aliphatic rings. The Balaban J connectivity index is 1.69. The van der Waals surface area contributed by atoms with E-state index in [1.165, 1.54) is 12.5 Å². The van der Waals surface area contributed by atoms with Crippen molar-refractivity contribution in [2.24, 2.45) is 17.8 Å². The van der Waals surface area contributed by atoms with E-state index in [2.05, 4.69) is 0 Å². The molecule has 1 nitrogen and oxygen atoms in total. The van der Waals surface area contributed by atoms with Gasteiger partial charge in [0.25, 0.3) is 0 Å². The summed E-state index contributed by atoms with van der Waals surface area (Å²) < 4.78 is 13.6. The molecule has 0 amide bonds. The number of aliphatic hydroxyl groups excluding tert-OH is 1. The van der Waals surface area contributed by atoms with Crippen molar-refractivity contribution in [3.05, 3.63) is 34.6 Å². The van der Waals surface area contributed by atoms with Gasteiger partial charge < -0.3 is 5.11 Å². The van der Waals surface area contributed by atoms with Crippen molar-refractivity contribution in [3.63, 3.8) is 0 Å². The van der Waals surface area contributed by atoms with Crippen LogP contribution in [0.1, 0.15) is 24.8 Å². The van der Waals surface area contributed by atoms with Gasteiger partial charge >= 0.3 is 0 Å². The highest BCUT2D eigenvalue weighted by Gasteiger charge is 2.47. The van der Waals surface area contributed by atoms with Crippen molar-refractivity contribution in [1.29, 1.82) is 0 Å². The number of hydrogen-bond donors (Lipinski definition) is 1. The SMILES string of the molecule is OC(Cc1c(F)cccc1Cl)C1CC2CC2C1. The third-order valence-electron chi connectivity index (χ3n) is 4.30. The van der Waals surface area contributed by atoms with Gasteiger partial charge in [-0.05, 0) is 49.1 Å². The van der Waals surface area contributed by atoms with Gasteiger partial charge in [0.05, 0.1) is 6.10 Å². The zero-order chi connectivity index (χ0) is 12.0. The molecule has 3 rings (SSSR count). The molecule has 2 aliphatic carbocycles. The molecule has 0 spiro atoms. The van der Waals surface area contributed by atoms with E-state index in [1.54, 1.807) is 12.1 Å². The molecular formula is C14H16ClFO. The summed E-state index contributed by atoms with van der Waals surface area (Å²) in [6.45, 7) is 0. The first-order valence-corrected chi connectivity index (χ1v) is 6.64. The molecular weight excluding hydrogens is 239 g/mol. The van der Waals surface area contributed by atoms with E-state index in [-0.39, 0.29) is 5.82 Å². The van der Waals surface area contributed by atoms with E-state index in [4.69, 9.17) is 11.6 Å². The fourth-order valence-corrected chi connectivity index (χ4v) is 3.42.